The highest BCUT2D eigenvalue weighted by Gasteiger charge is 2.10. The van der Waals surface area contributed by atoms with Gasteiger partial charge in [0.2, 0.25) is 0 Å². The molecule has 0 aliphatic heterocycles. The molecular weight excluding hydrogens is 194 g/mol. The fraction of sp³-hybridized carbons (Fsp3) is 0.700. The number of nitrogens with zero attached hydrogens (tertiary/aromatic N) is 1. The standard InChI is InChI=1S/C10H19N3O2/c1-8(10-4-5-12-13-10)11-6-9(15-3)7-14-2/h4-5,8-9,11H,6-7H2,1-3H3,(H,12,13). The van der Waals surface area contributed by atoms with Gasteiger partial charge in [-0.15, -0.1) is 0 Å². The third-order valence-electron chi connectivity index (χ3n) is 2.33. The van der Waals surface area contributed by atoms with E-state index in [-0.39, 0.29) is 12.1 Å². The van der Waals surface area contributed by atoms with Crippen molar-refractivity contribution in [3.8, 4) is 0 Å². The van der Waals surface area contributed by atoms with Crippen LogP contribution >= 0.6 is 0 Å². The second-order valence-electron chi connectivity index (χ2n) is 3.45. The molecule has 2 unspecified atom stereocenters. The molecule has 0 bridgehead atoms. The lowest BCUT2D eigenvalue weighted by Crippen LogP contribution is -2.33. The molecular formula is C10H19N3O2. The lowest BCUT2D eigenvalue weighted by Gasteiger charge is -2.18. The second kappa shape index (κ2) is 6.55. The van der Waals surface area contributed by atoms with E-state index in [1.165, 1.54) is 0 Å². The van der Waals surface area contributed by atoms with E-state index in [4.69, 9.17) is 9.47 Å². The van der Waals surface area contributed by atoms with Crippen molar-refractivity contribution in [3.63, 3.8) is 0 Å². The number of H-pyrrole nitrogens is 1. The first-order chi connectivity index (χ1) is 7.27. The van der Waals surface area contributed by atoms with Gasteiger partial charge in [0.25, 0.3) is 0 Å². The fourth-order valence-corrected chi connectivity index (χ4v) is 1.32. The average molecular weight is 213 g/mol. The number of hydrogen-bond donors (Lipinski definition) is 2. The quantitative estimate of drug-likeness (QED) is 0.700. The topological polar surface area (TPSA) is 59.2 Å². The summed E-state index contributed by atoms with van der Waals surface area (Å²) in [5.41, 5.74) is 1.07. The number of hydrogen-bond acceptors (Lipinski definition) is 4. The zero-order valence-corrected chi connectivity index (χ0v) is 9.49. The molecule has 1 aromatic rings. The molecule has 5 nitrogen and oxygen atoms in total. The normalized spacial score (nSPS) is 15.1. The van der Waals surface area contributed by atoms with E-state index >= 15 is 0 Å². The highest BCUT2D eigenvalue weighted by Crippen LogP contribution is 2.07. The van der Waals surface area contributed by atoms with Crippen molar-refractivity contribution in [3.05, 3.63) is 18.0 Å². The SMILES string of the molecule is COCC(CNC(C)c1ccn[nH]1)OC. The molecule has 2 atom stereocenters. The zero-order chi connectivity index (χ0) is 11.1. The minimum atomic E-state index is 0.0837. The van der Waals surface area contributed by atoms with Gasteiger partial charge in [-0.1, -0.05) is 0 Å². The van der Waals surface area contributed by atoms with Crippen LogP contribution in [0.1, 0.15) is 18.7 Å². The third kappa shape index (κ3) is 3.99. The Morgan fingerprint density at radius 1 is 1.53 bits per heavy atom. The van der Waals surface area contributed by atoms with E-state index in [1.54, 1.807) is 20.4 Å². The van der Waals surface area contributed by atoms with Gasteiger partial charge in [-0.25, -0.2) is 0 Å². The van der Waals surface area contributed by atoms with Crippen LogP contribution in [0.2, 0.25) is 0 Å². The van der Waals surface area contributed by atoms with Crippen molar-refractivity contribution in [2.45, 2.75) is 19.1 Å². The molecule has 0 amide bonds. The predicted molar refractivity (Wildman–Crippen MR) is 57.7 cm³/mol. The first-order valence-corrected chi connectivity index (χ1v) is 5.02. The summed E-state index contributed by atoms with van der Waals surface area (Å²) in [5, 5.41) is 10.2. The number of aromatic amines is 1. The Morgan fingerprint density at radius 2 is 2.33 bits per heavy atom. The predicted octanol–water partition coefficient (Wildman–Crippen LogP) is 0.722. The Hall–Kier alpha value is -0.910. The van der Waals surface area contributed by atoms with Crippen molar-refractivity contribution in [2.24, 2.45) is 0 Å². The fourth-order valence-electron chi connectivity index (χ4n) is 1.32. The van der Waals surface area contributed by atoms with Crippen molar-refractivity contribution in [1.29, 1.82) is 0 Å². The van der Waals surface area contributed by atoms with E-state index in [1.807, 2.05) is 6.07 Å². The summed E-state index contributed by atoms with van der Waals surface area (Å²) in [4.78, 5) is 0. The summed E-state index contributed by atoms with van der Waals surface area (Å²) in [6, 6.07) is 2.19. The molecule has 0 aromatic carbocycles. The van der Waals surface area contributed by atoms with Gasteiger partial charge in [0, 0.05) is 33.0 Å². The molecule has 1 aromatic heterocycles. The van der Waals surface area contributed by atoms with Gasteiger partial charge in [-0.05, 0) is 13.0 Å². The molecule has 0 fully saturated rings. The maximum absolute atomic E-state index is 5.25. The van der Waals surface area contributed by atoms with Crippen LogP contribution in [-0.2, 0) is 9.47 Å². The molecule has 0 aliphatic rings. The van der Waals surface area contributed by atoms with Crippen LogP contribution in [0.25, 0.3) is 0 Å². The van der Waals surface area contributed by atoms with Crippen LogP contribution in [0.5, 0.6) is 0 Å². The first kappa shape index (κ1) is 12.2. The molecule has 1 rings (SSSR count). The summed E-state index contributed by atoms with van der Waals surface area (Å²) < 4.78 is 10.3. The second-order valence-corrected chi connectivity index (χ2v) is 3.45. The van der Waals surface area contributed by atoms with Crippen LogP contribution in [0, 0.1) is 0 Å². The smallest absolute Gasteiger partial charge is 0.0928 e. The van der Waals surface area contributed by atoms with E-state index in [0.29, 0.717) is 6.61 Å². The Bertz CT molecular complexity index is 251. The monoisotopic (exact) mass is 213 g/mol. The van der Waals surface area contributed by atoms with Crippen LogP contribution in [0.4, 0.5) is 0 Å². The van der Waals surface area contributed by atoms with Gasteiger partial charge in [0.05, 0.1) is 18.4 Å². The van der Waals surface area contributed by atoms with Gasteiger partial charge in [0.15, 0.2) is 0 Å². The molecule has 0 aliphatic carbocycles. The lowest BCUT2D eigenvalue weighted by atomic mass is 10.2. The Balaban J connectivity index is 2.29. The number of rotatable bonds is 7. The van der Waals surface area contributed by atoms with E-state index in [2.05, 4.69) is 22.4 Å². The summed E-state index contributed by atoms with van der Waals surface area (Å²) in [5.74, 6) is 0. The van der Waals surface area contributed by atoms with Crippen LogP contribution in [-0.4, -0.2) is 43.7 Å². The van der Waals surface area contributed by atoms with E-state index in [9.17, 15) is 0 Å². The summed E-state index contributed by atoms with van der Waals surface area (Å²) >= 11 is 0. The molecule has 86 valence electrons. The number of methoxy groups -OCH3 is 2. The van der Waals surface area contributed by atoms with Crippen molar-refractivity contribution < 1.29 is 9.47 Å². The van der Waals surface area contributed by atoms with Crippen molar-refractivity contribution in [1.82, 2.24) is 15.5 Å². The number of aromatic nitrogens is 2. The van der Waals surface area contributed by atoms with Crippen LogP contribution < -0.4 is 5.32 Å². The maximum atomic E-state index is 5.25. The molecule has 1 heterocycles. The van der Waals surface area contributed by atoms with Gasteiger partial charge in [-0.2, -0.15) is 5.10 Å². The van der Waals surface area contributed by atoms with E-state index in [0.717, 1.165) is 12.2 Å². The number of ether oxygens (including phenoxy) is 2. The van der Waals surface area contributed by atoms with Gasteiger partial charge in [0.1, 0.15) is 0 Å². The minimum Gasteiger partial charge on any atom is -0.382 e. The lowest BCUT2D eigenvalue weighted by molar-refractivity contribution is 0.0275. The summed E-state index contributed by atoms with van der Waals surface area (Å²) in [7, 11) is 3.36. The Labute approximate surface area is 90.2 Å². The van der Waals surface area contributed by atoms with Crippen LogP contribution in [0.3, 0.4) is 0 Å². The van der Waals surface area contributed by atoms with Gasteiger partial charge < -0.3 is 14.8 Å². The van der Waals surface area contributed by atoms with Gasteiger partial charge >= 0.3 is 0 Å². The molecule has 0 radical (unpaired) electrons. The zero-order valence-electron chi connectivity index (χ0n) is 9.49. The number of nitrogens with one attached hydrogen (secondary N) is 2. The molecule has 0 saturated carbocycles. The molecule has 0 spiro atoms. The van der Waals surface area contributed by atoms with E-state index < -0.39 is 0 Å². The minimum absolute atomic E-state index is 0.0837. The maximum Gasteiger partial charge on any atom is 0.0928 e. The van der Waals surface area contributed by atoms with Crippen LogP contribution in [0.15, 0.2) is 12.3 Å². The first-order valence-electron chi connectivity index (χ1n) is 5.02. The van der Waals surface area contributed by atoms with Crippen molar-refractivity contribution in [2.75, 3.05) is 27.4 Å². The van der Waals surface area contributed by atoms with Crippen molar-refractivity contribution >= 4 is 0 Å². The Morgan fingerprint density at radius 3 is 2.87 bits per heavy atom. The third-order valence-corrected chi connectivity index (χ3v) is 2.33. The highest BCUT2D eigenvalue weighted by molar-refractivity contribution is 5.02. The molecule has 15 heavy (non-hydrogen) atoms. The average Bonchev–Trinajstić information content (AvgIpc) is 2.77. The summed E-state index contributed by atoms with van der Waals surface area (Å²) in [6.45, 7) is 3.43. The molecule has 5 heteroatoms. The highest BCUT2D eigenvalue weighted by atomic mass is 16.5. The Kier molecular flexibility index (Phi) is 5.31. The largest absolute Gasteiger partial charge is 0.382 e. The summed E-state index contributed by atoms with van der Waals surface area (Å²) in [6.07, 6.45) is 1.83. The molecule has 2 N–H and O–H groups in total. The van der Waals surface area contributed by atoms with Gasteiger partial charge in [-0.3, -0.25) is 5.10 Å². The molecule has 0 saturated heterocycles.